The lowest BCUT2D eigenvalue weighted by Crippen LogP contribution is -2.23. The quantitative estimate of drug-likeness (QED) is 0.526. The van der Waals surface area contributed by atoms with Crippen LogP contribution in [0.25, 0.3) is 22.4 Å². The number of hydrogen-bond acceptors (Lipinski definition) is 4. The average molecular weight is 402 g/mol. The van der Waals surface area contributed by atoms with Crippen LogP contribution in [0.3, 0.4) is 0 Å². The molecular weight excluding hydrogens is 383 g/mol. The third-order valence-corrected chi connectivity index (χ3v) is 5.24. The van der Waals surface area contributed by atoms with Gasteiger partial charge in [-0.15, -0.1) is 0 Å². The van der Waals surface area contributed by atoms with E-state index in [-0.39, 0.29) is 11.7 Å². The van der Waals surface area contributed by atoms with E-state index in [4.69, 9.17) is 0 Å². The number of aromatic nitrogens is 5. The second-order valence-corrected chi connectivity index (χ2v) is 7.44. The van der Waals surface area contributed by atoms with Gasteiger partial charge in [0.2, 0.25) is 0 Å². The third-order valence-electron chi connectivity index (χ3n) is 5.24. The smallest absolute Gasteiger partial charge is 0.257 e. The Bertz CT molecular complexity index is 1260. The van der Waals surface area contributed by atoms with Crippen LogP contribution in [-0.2, 0) is 27.2 Å². The van der Waals surface area contributed by atoms with Gasteiger partial charge in [0.25, 0.3) is 5.91 Å². The average Bonchev–Trinajstić information content (AvgIpc) is 3.40. The van der Waals surface area contributed by atoms with Crippen LogP contribution in [0.5, 0.6) is 0 Å². The Morgan fingerprint density at radius 1 is 1.03 bits per heavy atom. The summed E-state index contributed by atoms with van der Waals surface area (Å²) >= 11 is 0. The lowest BCUT2D eigenvalue weighted by molar-refractivity contribution is 0.0767. The van der Waals surface area contributed by atoms with Crippen molar-refractivity contribution in [3.05, 3.63) is 77.8 Å². The van der Waals surface area contributed by atoms with Crippen molar-refractivity contribution in [1.82, 2.24) is 29.4 Å². The minimum absolute atomic E-state index is 0.0640. The van der Waals surface area contributed by atoms with E-state index in [1.54, 1.807) is 38.8 Å². The first kappa shape index (κ1) is 18.2. The van der Waals surface area contributed by atoms with Gasteiger partial charge in [-0.05, 0) is 30.3 Å². The van der Waals surface area contributed by atoms with E-state index in [0.29, 0.717) is 24.3 Å². The van der Waals surface area contributed by atoms with Crippen molar-refractivity contribution < 1.29 is 9.18 Å². The molecule has 0 unspecified atom stereocenters. The zero-order valence-electron chi connectivity index (χ0n) is 16.6. The van der Waals surface area contributed by atoms with Gasteiger partial charge in [-0.3, -0.25) is 19.1 Å². The maximum Gasteiger partial charge on any atom is 0.257 e. The highest BCUT2D eigenvalue weighted by Crippen LogP contribution is 2.37. The molecule has 7 nitrogen and oxygen atoms in total. The van der Waals surface area contributed by atoms with Gasteiger partial charge in [-0.1, -0.05) is 0 Å². The maximum absolute atomic E-state index is 13.4. The number of pyridine rings is 1. The molecule has 0 aliphatic carbocycles. The fraction of sp³-hybridized carbons (Fsp3) is 0.182. The molecule has 4 heterocycles. The van der Waals surface area contributed by atoms with E-state index in [2.05, 4.69) is 15.2 Å². The molecule has 1 aromatic carbocycles. The molecule has 150 valence electrons. The lowest BCUT2D eigenvalue weighted by Gasteiger charge is -2.14. The molecule has 1 aliphatic heterocycles. The van der Waals surface area contributed by atoms with E-state index in [1.807, 2.05) is 32.6 Å². The number of carbonyl (C=O) groups excluding carboxylic acids is 1. The lowest BCUT2D eigenvalue weighted by atomic mass is 9.97. The molecule has 0 saturated heterocycles. The summed E-state index contributed by atoms with van der Waals surface area (Å²) in [5.41, 5.74) is 5.40. The standard InChI is InChI=1S/C22H19FN6O/c1-27-10-14(9-25-27)11-29-13-19-20(22(29)30)17(7-8-24-19)18-12-28(2)26-21(18)15-3-5-16(23)6-4-15/h3-10,12H,11,13H2,1-2H3. The molecule has 0 radical (unpaired) electrons. The summed E-state index contributed by atoms with van der Waals surface area (Å²) in [4.78, 5) is 19.5. The van der Waals surface area contributed by atoms with Crippen molar-refractivity contribution in [1.29, 1.82) is 0 Å². The fourth-order valence-corrected chi connectivity index (χ4v) is 3.91. The summed E-state index contributed by atoms with van der Waals surface area (Å²) in [5, 5.41) is 8.74. The number of fused-ring (bicyclic) bond motifs is 1. The van der Waals surface area contributed by atoms with Gasteiger partial charge in [-0.2, -0.15) is 10.2 Å². The molecule has 1 aliphatic rings. The minimum Gasteiger partial charge on any atom is -0.328 e. The van der Waals surface area contributed by atoms with Crippen LogP contribution in [0.15, 0.2) is 55.1 Å². The summed E-state index contributed by atoms with van der Waals surface area (Å²) in [7, 11) is 3.68. The zero-order chi connectivity index (χ0) is 20.8. The van der Waals surface area contributed by atoms with Crippen molar-refractivity contribution in [3.63, 3.8) is 0 Å². The molecule has 5 rings (SSSR count). The highest BCUT2D eigenvalue weighted by Gasteiger charge is 2.32. The number of nitrogens with zero attached hydrogens (tertiary/aromatic N) is 6. The normalized spacial score (nSPS) is 13.2. The van der Waals surface area contributed by atoms with E-state index < -0.39 is 0 Å². The van der Waals surface area contributed by atoms with Gasteiger partial charge in [-0.25, -0.2) is 4.39 Å². The van der Waals surface area contributed by atoms with Gasteiger partial charge in [0, 0.05) is 61.5 Å². The van der Waals surface area contributed by atoms with Crippen LogP contribution in [0, 0.1) is 5.82 Å². The Morgan fingerprint density at radius 2 is 1.83 bits per heavy atom. The highest BCUT2D eigenvalue weighted by atomic mass is 19.1. The summed E-state index contributed by atoms with van der Waals surface area (Å²) in [6, 6.07) is 8.05. The van der Waals surface area contributed by atoms with E-state index in [1.165, 1.54) is 12.1 Å². The molecule has 3 aromatic heterocycles. The number of hydrogen-bond donors (Lipinski definition) is 0. The molecule has 8 heteroatoms. The highest BCUT2D eigenvalue weighted by molar-refractivity contribution is 6.05. The molecule has 0 spiro atoms. The van der Waals surface area contributed by atoms with Gasteiger partial charge >= 0.3 is 0 Å². The van der Waals surface area contributed by atoms with Crippen molar-refractivity contribution in [2.24, 2.45) is 14.1 Å². The number of aryl methyl sites for hydroxylation is 2. The third kappa shape index (κ3) is 3.06. The molecule has 0 saturated carbocycles. The number of benzene rings is 1. The number of carbonyl (C=O) groups is 1. The molecule has 0 atom stereocenters. The predicted molar refractivity (Wildman–Crippen MR) is 109 cm³/mol. The summed E-state index contributed by atoms with van der Waals surface area (Å²) < 4.78 is 16.8. The SMILES string of the molecule is Cn1cc(CN2Cc3nccc(-c4cn(C)nc4-c4ccc(F)cc4)c3C2=O)cn1. The summed E-state index contributed by atoms with van der Waals surface area (Å²) in [6.07, 6.45) is 7.26. The first-order valence-corrected chi connectivity index (χ1v) is 9.54. The fourth-order valence-electron chi connectivity index (χ4n) is 3.91. The molecular formula is C22H19FN6O. The Kier molecular flexibility index (Phi) is 4.20. The summed E-state index contributed by atoms with van der Waals surface area (Å²) in [5.74, 6) is -0.367. The Labute approximate surface area is 172 Å². The van der Waals surface area contributed by atoms with Crippen molar-refractivity contribution in [3.8, 4) is 22.4 Å². The Hall–Kier alpha value is -3.81. The van der Waals surface area contributed by atoms with E-state index in [0.717, 1.165) is 27.9 Å². The zero-order valence-corrected chi connectivity index (χ0v) is 16.6. The van der Waals surface area contributed by atoms with Crippen molar-refractivity contribution in [2.45, 2.75) is 13.1 Å². The maximum atomic E-state index is 13.4. The van der Waals surface area contributed by atoms with Crippen LogP contribution < -0.4 is 0 Å². The first-order valence-electron chi connectivity index (χ1n) is 9.54. The predicted octanol–water partition coefficient (Wildman–Crippen LogP) is 3.18. The van der Waals surface area contributed by atoms with Gasteiger partial charge in [0.1, 0.15) is 11.5 Å². The van der Waals surface area contributed by atoms with Crippen LogP contribution >= 0.6 is 0 Å². The van der Waals surface area contributed by atoms with E-state index in [9.17, 15) is 9.18 Å². The molecule has 0 fully saturated rings. The van der Waals surface area contributed by atoms with Gasteiger partial charge in [0.15, 0.2) is 0 Å². The molecule has 4 aromatic rings. The molecule has 0 N–H and O–H groups in total. The summed E-state index contributed by atoms with van der Waals surface area (Å²) in [6.45, 7) is 0.920. The topological polar surface area (TPSA) is 68.8 Å². The Balaban J connectivity index is 1.56. The van der Waals surface area contributed by atoms with Crippen molar-refractivity contribution >= 4 is 5.91 Å². The van der Waals surface area contributed by atoms with Crippen LogP contribution in [0.1, 0.15) is 21.6 Å². The molecule has 30 heavy (non-hydrogen) atoms. The number of rotatable bonds is 4. The molecule has 1 amide bonds. The van der Waals surface area contributed by atoms with E-state index >= 15 is 0 Å². The van der Waals surface area contributed by atoms with Crippen LogP contribution in [0.4, 0.5) is 4.39 Å². The second-order valence-electron chi connectivity index (χ2n) is 7.44. The second kappa shape index (κ2) is 6.91. The van der Waals surface area contributed by atoms with Gasteiger partial charge < -0.3 is 4.90 Å². The minimum atomic E-state index is -0.303. The monoisotopic (exact) mass is 402 g/mol. The Morgan fingerprint density at radius 3 is 2.57 bits per heavy atom. The van der Waals surface area contributed by atoms with Crippen LogP contribution in [-0.4, -0.2) is 35.4 Å². The molecule has 0 bridgehead atoms. The largest absolute Gasteiger partial charge is 0.328 e. The number of halogens is 1. The number of amides is 1. The van der Waals surface area contributed by atoms with Crippen LogP contribution in [0.2, 0.25) is 0 Å². The first-order chi connectivity index (χ1) is 14.5. The van der Waals surface area contributed by atoms with Crippen molar-refractivity contribution in [2.75, 3.05) is 0 Å². The van der Waals surface area contributed by atoms with Gasteiger partial charge in [0.05, 0.1) is 24.0 Å².